The molecule has 0 N–H and O–H groups in total. The molecule has 0 heterocycles. The van der Waals surface area contributed by atoms with E-state index in [1.807, 2.05) is 0 Å². The Kier molecular flexibility index (Phi) is 6.16. The van der Waals surface area contributed by atoms with Gasteiger partial charge in [-0.2, -0.15) is 0 Å². The van der Waals surface area contributed by atoms with Crippen LogP contribution in [0.25, 0.3) is 0 Å². The van der Waals surface area contributed by atoms with Crippen LogP contribution >= 0.6 is 38.5 Å². The average molecular weight is 382 g/mol. The van der Waals surface area contributed by atoms with Crippen LogP contribution in [0.1, 0.15) is 18.9 Å². The van der Waals surface area contributed by atoms with E-state index in [0.717, 1.165) is 13.1 Å². The third-order valence-corrected chi connectivity index (χ3v) is 3.45. The second kappa shape index (κ2) is 6.86. The summed E-state index contributed by atoms with van der Waals surface area (Å²) in [6.07, 6.45) is 1.20. The number of halogens is 2. The number of benzene rings is 1. The maximum atomic E-state index is 3.57. The summed E-state index contributed by atoms with van der Waals surface area (Å²) in [6.45, 7) is 4.37. The highest BCUT2D eigenvalue weighted by Crippen LogP contribution is 2.10. The first-order valence-corrected chi connectivity index (χ1v) is 7.14. The molecule has 1 rings (SSSR count). The lowest BCUT2D eigenvalue weighted by molar-refractivity contribution is 0.323. The molecule has 1 nitrogen and oxygen atoms in total. The van der Waals surface area contributed by atoms with Crippen LogP contribution in [-0.2, 0) is 6.54 Å². The predicted molar refractivity (Wildman–Crippen MR) is 78.5 cm³/mol. The quantitative estimate of drug-likeness (QED) is 0.552. The van der Waals surface area contributed by atoms with E-state index >= 15 is 0 Å². The Bertz CT molecular complexity index is 284. The lowest BCUT2D eigenvalue weighted by Crippen LogP contribution is -2.20. The van der Waals surface area contributed by atoms with Crippen LogP contribution in [0.4, 0.5) is 0 Å². The zero-order chi connectivity index (χ0) is 11.3. The Balaban J connectivity index is 2.37. The highest BCUT2D eigenvalue weighted by molar-refractivity contribution is 14.1. The lowest BCUT2D eigenvalue weighted by Gasteiger charge is -2.17. The molecule has 1 unspecified atom stereocenters. The van der Waals surface area contributed by atoms with Crippen molar-refractivity contribution in [2.24, 2.45) is 0 Å². The molecule has 15 heavy (non-hydrogen) atoms. The van der Waals surface area contributed by atoms with Gasteiger partial charge in [-0.25, -0.2) is 0 Å². The minimum atomic E-state index is 0.608. The van der Waals surface area contributed by atoms with Crippen molar-refractivity contribution in [3.63, 3.8) is 0 Å². The minimum absolute atomic E-state index is 0.608. The van der Waals surface area contributed by atoms with E-state index in [0.29, 0.717) is 4.83 Å². The predicted octanol–water partition coefficient (Wildman–Crippen LogP) is 3.90. The number of hydrogen-bond acceptors (Lipinski definition) is 1. The Morgan fingerprint density at radius 1 is 1.33 bits per heavy atom. The van der Waals surface area contributed by atoms with Gasteiger partial charge >= 0.3 is 0 Å². The molecule has 0 saturated carbocycles. The summed E-state index contributed by atoms with van der Waals surface area (Å²) in [5.41, 5.74) is 1.39. The summed E-state index contributed by atoms with van der Waals surface area (Å²) in [4.78, 5) is 2.97. The van der Waals surface area contributed by atoms with Crippen molar-refractivity contribution in [3.05, 3.63) is 33.4 Å². The highest BCUT2D eigenvalue weighted by atomic mass is 127. The first-order chi connectivity index (χ1) is 7.08. The second-order valence-corrected chi connectivity index (χ2v) is 6.74. The van der Waals surface area contributed by atoms with Gasteiger partial charge in [-0.15, -0.1) is 0 Å². The van der Waals surface area contributed by atoms with Gasteiger partial charge in [0, 0.05) is 14.9 Å². The SMILES string of the molecule is CC(Br)CCN(C)Cc1ccc(I)cc1. The van der Waals surface area contributed by atoms with Crippen LogP contribution in [0.2, 0.25) is 0 Å². The monoisotopic (exact) mass is 381 g/mol. The molecule has 1 aromatic rings. The Labute approximate surface area is 115 Å². The van der Waals surface area contributed by atoms with Gasteiger partial charge in [-0.05, 0) is 60.3 Å². The van der Waals surface area contributed by atoms with E-state index < -0.39 is 0 Å². The molecule has 3 heteroatoms. The second-order valence-electron chi connectivity index (χ2n) is 3.93. The molecule has 0 aliphatic rings. The van der Waals surface area contributed by atoms with Gasteiger partial charge in [0.15, 0.2) is 0 Å². The van der Waals surface area contributed by atoms with Crippen LogP contribution < -0.4 is 0 Å². The van der Waals surface area contributed by atoms with Crippen molar-refractivity contribution in [2.75, 3.05) is 13.6 Å². The van der Waals surface area contributed by atoms with Gasteiger partial charge in [-0.1, -0.05) is 35.0 Å². The molecule has 0 aromatic heterocycles. The van der Waals surface area contributed by atoms with Crippen molar-refractivity contribution in [1.29, 1.82) is 0 Å². The summed E-state index contributed by atoms with van der Waals surface area (Å²) in [5.74, 6) is 0. The van der Waals surface area contributed by atoms with E-state index in [9.17, 15) is 0 Å². The molecular weight excluding hydrogens is 365 g/mol. The third-order valence-electron chi connectivity index (χ3n) is 2.27. The molecule has 0 amide bonds. The molecule has 0 fully saturated rings. The van der Waals surface area contributed by atoms with Gasteiger partial charge in [0.2, 0.25) is 0 Å². The van der Waals surface area contributed by atoms with E-state index in [2.05, 4.69) is 81.7 Å². The molecule has 84 valence electrons. The molecule has 1 atom stereocenters. The number of hydrogen-bond donors (Lipinski definition) is 0. The maximum Gasteiger partial charge on any atom is 0.0230 e. The van der Waals surface area contributed by atoms with E-state index in [1.54, 1.807) is 0 Å². The van der Waals surface area contributed by atoms with Gasteiger partial charge < -0.3 is 4.90 Å². The molecule has 0 aliphatic heterocycles. The fraction of sp³-hybridized carbons (Fsp3) is 0.500. The summed E-state index contributed by atoms with van der Waals surface area (Å²) in [5, 5.41) is 0. The largest absolute Gasteiger partial charge is 0.302 e. The average Bonchev–Trinajstić information content (AvgIpc) is 2.19. The Morgan fingerprint density at radius 3 is 2.47 bits per heavy atom. The van der Waals surface area contributed by atoms with Crippen molar-refractivity contribution in [3.8, 4) is 0 Å². The normalized spacial score (nSPS) is 13.1. The van der Waals surface area contributed by atoms with Gasteiger partial charge in [0.05, 0.1) is 0 Å². The molecular formula is C12H17BrIN. The molecule has 0 aliphatic carbocycles. The Hall–Kier alpha value is 0.390. The van der Waals surface area contributed by atoms with Gasteiger partial charge in [-0.3, -0.25) is 0 Å². The highest BCUT2D eigenvalue weighted by Gasteiger charge is 2.02. The topological polar surface area (TPSA) is 3.24 Å². The van der Waals surface area contributed by atoms with Gasteiger partial charge in [0.25, 0.3) is 0 Å². The molecule has 0 bridgehead atoms. The van der Waals surface area contributed by atoms with Crippen LogP contribution in [0.5, 0.6) is 0 Å². The minimum Gasteiger partial charge on any atom is -0.302 e. The van der Waals surface area contributed by atoms with E-state index in [-0.39, 0.29) is 0 Å². The van der Waals surface area contributed by atoms with Crippen LogP contribution in [-0.4, -0.2) is 23.3 Å². The summed E-state index contributed by atoms with van der Waals surface area (Å²) >= 11 is 5.91. The standard InChI is InChI=1S/C12H17BrIN/c1-10(13)7-8-15(2)9-11-3-5-12(14)6-4-11/h3-6,10H,7-9H2,1-2H3. The van der Waals surface area contributed by atoms with Crippen LogP contribution in [0.3, 0.4) is 0 Å². The third kappa shape index (κ3) is 5.88. The fourth-order valence-electron chi connectivity index (χ4n) is 1.38. The van der Waals surface area contributed by atoms with Gasteiger partial charge in [0.1, 0.15) is 0 Å². The lowest BCUT2D eigenvalue weighted by atomic mass is 10.2. The molecule has 0 spiro atoms. The van der Waals surface area contributed by atoms with Crippen molar-refractivity contribution >= 4 is 38.5 Å². The van der Waals surface area contributed by atoms with Crippen LogP contribution in [0.15, 0.2) is 24.3 Å². The first-order valence-electron chi connectivity index (χ1n) is 5.15. The summed E-state index contributed by atoms with van der Waals surface area (Å²) in [7, 11) is 2.17. The van der Waals surface area contributed by atoms with Crippen LogP contribution in [0, 0.1) is 3.57 Å². The number of nitrogens with zero attached hydrogens (tertiary/aromatic N) is 1. The number of alkyl halides is 1. The summed E-state index contributed by atoms with van der Waals surface area (Å²) in [6, 6.07) is 8.74. The zero-order valence-electron chi connectivity index (χ0n) is 9.21. The van der Waals surface area contributed by atoms with Crippen molar-refractivity contribution in [1.82, 2.24) is 4.90 Å². The zero-order valence-corrected chi connectivity index (χ0v) is 13.0. The van der Waals surface area contributed by atoms with E-state index in [1.165, 1.54) is 15.6 Å². The first kappa shape index (κ1) is 13.5. The van der Waals surface area contributed by atoms with Crippen molar-refractivity contribution in [2.45, 2.75) is 24.7 Å². The smallest absolute Gasteiger partial charge is 0.0230 e. The molecule has 0 radical (unpaired) electrons. The fourth-order valence-corrected chi connectivity index (χ4v) is 1.94. The van der Waals surface area contributed by atoms with Crippen molar-refractivity contribution < 1.29 is 0 Å². The molecule has 1 aromatic carbocycles. The Morgan fingerprint density at radius 2 is 1.93 bits per heavy atom. The number of rotatable bonds is 5. The summed E-state index contributed by atoms with van der Waals surface area (Å²) < 4.78 is 1.30. The maximum absolute atomic E-state index is 3.57. The van der Waals surface area contributed by atoms with E-state index in [4.69, 9.17) is 0 Å². The molecule has 0 saturated heterocycles.